The molecule has 0 atom stereocenters. The van der Waals surface area contributed by atoms with Crippen LogP contribution in [0, 0.1) is 17.8 Å². The van der Waals surface area contributed by atoms with Crippen molar-refractivity contribution in [2.24, 2.45) is 5.41 Å². The van der Waals surface area contributed by atoms with Gasteiger partial charge in [0, 0.05) is 11.8 Å². The molecule has 2 nitrogen and oxygen atoms in total. The Morgan fingerprint density at radius 2 is 2.00 bits per heavy atom. The Morgan fingerprint density at radius 3 is 2.43 bits per heavy atom. The van der Waals surface area contributed by atoms with E-state index in [0.29, 0.717) is 19.6 Å². The molecular weight excluding hydrogens is 176 g/mol. The molecule has 0 aromatic rings. The summed E-state index contributed by atoms with van der Waals surface area (Å²) >= 11 is 0. The van der Waals surface area contributed by atoms with Crippen LogP contribution in [-0.4, -0.2) is 19.0 Å². The largest absolute Gasteiger partial charge is 0.350 e. The molecule has 0 radical (unpaired) electrons. The lowest BCUT2D eigenvalue weighted by Gasteiger charge is -2.42. The third kappa shape index (κ3) is 2.60. The Morgan fingerprint density at radius 1 is 1.43 bits per heavy atom. The summed E-state index contributed by atoms with van der Waals surface area (Å²) in [5, 5.41) is 0. The average Bonchev–Trinajstić information content (AvgIpc) is 2.12. The molecule has 1 fully saturated rings. The maximum atomic E-state index is 5.62. The fourth-order valence-corrected chi connectivity index (χ4v) is 1.55. The summed E-state index contributed by atoms with van der Waals surface area (Å²) in [6.45, 7) is 8.87. The van der Waals surface area contributed by atoms with E-state index in [4.69, 9.17) is 15.9 Å². The van der Waals surface area contributed by atoms with E-state index in [-0.39, 0.29) is 5.41 Å². The van der Waals surface area contributed by atoms with Crippen molar-refractivity contribution in [3.63, 3.8) is 0 Å². The molecule has 0 amide bonds. The highest BCUT2D eigenvalue weighted by Gasteiger charge is 2.38. The monoisotopic (exact) mass is 194 g/mol. The zero-order chi connectivity index (χ0) is 10.7. The molecular formula is C12H18O2. The van der Waals surface area contributed by atoms with Crippen molar-refractivity contribution in [2.75, 3.05) is 13.2 Å². The van der Waals surface area contributed by atoms with Crippen LogP contribution in [0.5, 0.6) is 0 Å². The van der Waals surface area contributed by atoms with Gasteiger partial charge in [0.25, 0.3) is 0 Å². The number of ether oxygens (including phenoxy) is 2. The molecule has 0 aliphatic carbocycles. The molecule has 1 aliphatic rings. The minimum atomic E-state index is -0.473. The van der Waals surface area contributed by atoms with Gasteiger partial charge >= 0.3 is 0 Å². The smallest absolute Gasteiger partial charge is 0.162 e. The first-order valence-electron chi connectivity index (χ1n) is 4.86. The highest BCUT2D eigenvalue weighted by molar-refractivity contribution is 4.99. The summed E-state index contributed by atoms with van der Waals surface area (Å²) in [6, 6.07) is 0. The van der Waals surface area contributed by atoms with Gasteiger partial charge in [-0.25, -0.2) is 0 Å². The third-order valence-corrected chi connectivity index (χ3v) is 2.51. The van der Waals surface area contributed by atoms with Crippen molar-refractivity contribution in [1.29, 1.82) is 0 Å². The van der Waals surface area contributed by atoms with E-state index < -0.39 is 5.79 Å². The van der Waals surface area contributed by atoms with Crippen molar-refractivity contribution >= 4 is 0 Å². The van der Waals surface area contributed by atoms with Gasteiger partial charge in [0.2, 0.25) is 0 Å². The summed E-state index contributed by atoms with van der Waals surface area (Å²) in [6.07, 6.45) is 8.74. The van der Waals surface area contributed by atoms with Crippen LogP contribution in [0.15, 0.2) is 12.7 Å². The zero-order valence-corrected chi connectivity index (χ0v) is 9.01. The molecule has 1 saturated heterocycles. The van der Waals surface area contributed by atoms with Gasteiger partial charge in [0.05, 0.1) is 13.2 Å². The van der Waals surface area contributed by atoms with Crippen molar-refractivity contribution in [2.45, 2.75) is 32.5 Å². The number of terminal acetylenes is 1. The highest BCUT2D eigenvalue weighted by Crippen LogP contribution is 2.35. The lowest BCUT2D eigenvalue weighted by Crippen LogP contribution is -2.46. The topological polar surface area (TPSA) is 18.5 Å². The second-order valence-corrected chi connectivity index (χ2v) is 4.35. The van der Waals surface area contributed by atoms with E-state index in [1.807, 2.05) is 19.9 Å². The van der Waals surface area contributed by atoms with Crippen molar-refractivity contribution < 1.29 is 9.47 Å². The van der Waals surface area contributed by atoms with Gasteiger partial charge in [-0.1, -0.05) is 6.08 Å². The Labute approximate surface area is 86.3 Å². The van der Waals surface area contributed by atoms with Crippen LogP contribution in [0.2, 0.25) is 0 Å². The second-order valence-electron chi connectivity index (χ2n) is 4.35. The Hall–Kier alpha value is -0.780. The molecule has 0 spiro atoms. The van der Waals surface area contributed by atoms with Gasteiger partial charge in [-0.15, -0.1) is 18.9 Å². The van der Waals surface area contributed by atoms with Crippen LogP contribution in [0.3, 0.4) is 0 Å². The van der Waals surface area contributed by atoms with E-state index in [1.54, 1.807) is 0 Å². The maximum absolute atomic E-state index is 5.62. The molecule has 0 aromatic carbocycles. The summed E-state index contributed by atoms with van der Waals surface area (Å²) in [4.78, 5) is 0. The van der Waals surface area contributed by atoms with Gasteiger partial charge in [-0.3, -0.25) is 0 Å². The molecule has 0 unspecified atom stereocenters. The summed E-state index contributed by atoms with van der Waals surface area (Å²) in [5.41, 5.74) is -0.0635. The van der Waals surface area contributed by atoms with Gasteiger partial charge in [0.1, 0.15) is 0 Å². The van der Waals surface area contributed by atoms with Gasteiger partial charge in [-0.05, 0) is 20.3 Å². The van der Waals surface area contributed by atoms with Crippen LogP contribution in [0.1, 0.15) is 26.7 Å². The molecule has 0 aromatic heterocycles. The Bertz CT molecular complexity index is 238. The van der Waals surface area contributed by atoms with E-state index >= 15 is 0 Å². The minimum Gasteiger partial charge on any atom is -0.350 e. The molecule has 78 valence electrons. The fraction of sp³-hybridized carbons (Fsp3) is 0.667. The van der Waals surface area contributed by atoms with Gasteiger partial charge in [-0.2, -0.15) is 0 Å². The van der Waals surface area contributed by atoms with Crippen LogP contribution in [-0.2, 0) is 9.47 Å². The zero-order valence-electron chi connectivity index (χ0n) is 9.01. The van der Waals surface area contributed by atoms with E-state index in [0.717, 1.165) is 6.42 Å². The first-order chi connectivity index (χ1) is 6.54. The van der Waals surface area contributed by atoms with Crippen LogP contribution in [0.4, 0.5) is 0 Å². The molecule has 1 heterocycles. The molecule has 1 aliphatic heterocycles. The van der Waals surface area contributed by atoms with Crippen LogP contribution >= 0.6 is 0 Å². The number of allylic oxidation sites excluding steroid dienone is 1. The van der Waals surface area contributed by atoms with Crippen LogP contribution in [0.25, 0.3) is 0 Å². The molecule has 0 N–H and O–H groups in total. The van der Waals surface area contributed by atoms with E-state index in [2.05, 4.69) is 12.5 Å². The predicted molar refractivity (Wildman–Crippen MR) is 56.7 cm³/mol. The van der Waals surface area contributed by atoms with Gasteiger partial charge < -0.3 is 9.47 Å². The Balaban J connectivity index is 2.64. The SMILES string of the molecule is C#CCC1(CC=C)COC(C)(C)OC1. The first-order valence-corrected chi connectivity index (χ1v) is 4.86. The lowest BCUT2D eigenvalue weighted by molar-refractivity contribution is -0.284. The predicted octanol–water partition coefficient (Wildman–Crippen LogP) is 2.36. The average molecular weight is 194 g/mol. The lowest BCUT2D eigenvalue weighted by atomic mass is 9.82. The second kappa shape index (κ2) is 4.16. The molecule has 2 heteroatoms. The van der Waals surface area contributed by atoms with Crippen molar-refractivity contribution in [3.05, 3.63) is 12.7 Å². The van der Waals surface area contributed by atoms with E-state index in [9.17, 15) is 0 Å². The number of hydrogen-bond acceptors (Lipinski definition) is 2. The van der Waals surface area contributed by atoms with Crippen molar-refractivity contribution in [3.8, 4) is 12.3 Å². The molecule has 1 rings (SSSR count). The third-order valence-electron chi connectivity index (χ3n) is 2.51. The summed E-state index contributed by atoms with van der Waals surface area (Å²) < 4.78 is 11.2. The van der Waals surface area contributed by atoms with E-state index in [1.165, 1.54) is 0 Å². The Kier molecular flexibility index (Phi) is 3.36. The number of hydrogen-bond donors (Lipinski definition) is 0. The summed E-state index contributed by atoms with van der Waals surface area (Å²) in [7, 11) is 0. The first kappa shape index (κ1) is 11.3. The molecule has 0 bridgehead atoms. The fourth-order valence-electron chi connectivity index (χ4n) is 1.55. The number of rotatable bonds is 3. The normalized spacial score (nSPS) is 23.8. The highest BCUT2D eigenvalue weighted by atomic mass is 16.7. The minimum absolute atomic E-state index is 0.0635. The standard InChI is InChI=1S/C12H18O2/c1-5-7-12(8-6-2)9-13-11(3,4)14-10-12/h1,6H,2,7-10H2,3-4H3. The van der Waals surface area contributed by atoms with Crippen LogP contribution < -0.4 is 0 Å². The molecule has 14 heavy (non-hydrogen) atoms. The maximum Gasteiger partial charge on any atom is 0.162 e. The quantitative estimate of drug-likeness (QED) is 0.507. The molecule has 0 saturated carbocycles. The summed E-state index contributed by atoms with van der Waals surface area (Å²) in [5.74, 6) is 2.21. The van der Waals surface area contributed by atoms with Gasteiger partial charge in [0.15, 0.2) is 5.79 Å². The van der Waals surface area contributed by atoms with Crippen molar-refractivity contribution in [1.82, 2.24) is 0 Å².